The maximum atomic E-state index is 12.8. The molecule has 0 atom stereocenters. The van der Waals surface area contributed by atoms with Gasteiger partial charge in [0, 0.05) is 10.6 Å². The van der Waals surface area contributed by atoms with Gasteiger partial charge in [-0.1, -0.05) is 54.9 Å². The fourth-order valence-corrected chi connectivity index (χ4v) is 3.53. The third kappa shape index (κ3) is 4.54. The van der Waals surface area contributed by atoms with Crippen molar-refractivity contribution in [1.29, 1.82) is 0 Å². The number of Topliss-reactive ketones (excluding diaryl/α,β-unsaturated/α-hetero) is 1. The number of carbonyl (C=O) groups excluding carboxylic acids is 2. The summed E-state index contributed by atoms with van der Waals surface area (Å²) in [6.45, 7) is 3.87. The number of aryl methyl sites for hydroxylation is 1. The number of halogens is 1. The lowest BCUT2D eigenvalue weighted by atomic mass is 10.0. The molecule has 0 spiro atoms. The zero-order chi connectivity index (χ0) is 22.0. The van der Waals surface area contributed by atoms with Crippen LogP contribution >= 0.6 is 11.6 Å². The van der Waals surface area contributed by atoms with Crippen LogP contribution in [-0.2, 0) is 17.6 Å². The van der Waals surface area contributed by atoms with Crippen LogP contribution in [0.15, 0.2) is 66.4 Å². The molecule has 3 aromatic rings. The summed E-state index contributed by atoms with van der Waals surface area (Å²) in [6.07, 6.45) is 2.80. The number of ether oxygens (including phenoxy) is 2. The first kappa shape index (κ1) is 20.9. The minimum atomic E-state index is -0.401. The first-order valence-corrected chi connectivity index (χ1v) is 10.4. The first-order chi connectivity index (χ1) is 14.9. The van der Waals surface area contributed by atoms with Gasteiger partial charge in [0.15, 0.2) is 5.76 Å². The lowest BCUT2D eigenvalue weighted by molar-refractivity contribution is -0.133. The number of carbonyl (C=O) groups is 2. The van der Waals surface area contributed by atoms with Crippen LogP contribution in [-0.4, -0.2) is 11.8 Å². The Bertz CT molecular complexity index is 1180. The fraction of sp³-hybridized carbons (Fsp3) is 0.154. The van der Waals surface area contributed by atoms with Crippen molar-refractivity contribution in [2.75, 3.05) is 0 Å². The van der Waals surface area contributed by atoms with E-state index in [9.17, 15) is 9.59 Å². The van der Waals surface area contributed by atoms with Gasteiger partial charge in [0.25, 0.3) is 0 Å². The maximum Gasteiger partial charge on any atom is 0.315 e. The minimum absolute atomic E-state index is 0.117. The molecule has 1 aliphatic heterocycles. The number of benzene rings is 3. The Kier molecular flexibility index (Phi) is 5.92. The van der Waals surface area contributed by atoms with E-state index in [4.69, 9.17) is 21.1 Å². The number of hydrogen-bond donors (Lipinski definition) is 0. The average Bonchev–Trinajstić information content (AvgIpc) is 3.08. The Hall–Kier alpha value is -3.37. The van der Waals surface area contributed by atoms with Crippen molar-refractivity contribution in [2.45, 2.75) is 26.7 Å². The average molecular weight is 433 g/mol. The summed E-state index contributed by atoms with van der Waals surface area (Å²) in [5.74, 6) is 0.474. The van der Waals surface area contributed by atoms with Crippen LogP contribution < -0.4 is 9.47 Å². The Morgan fingerprint density at radius 3 is 2.35 bits per heavy atom. The summed E-state index contributed by atoms with van der Waals surface area (Å²) in [6, 6.07) is 18.3. The highest BCUT2D eigenvalue weighted by atomic mass is 35.5. The smallest absolute Gasteiger partial charge is 0.315 e. The van der Waals surface area contributed by atoms with Gasteiger partial charge in [0.2, 0.25) is 5.78 Å². The highest BCUT2D eigenvalue weighted by molar-refractivity contribution is 6.30. The predicted octanol–water partition coefficient (Wildman–Crippen LogP) is 5.98. The molecule has 1 aliphatic rings. The van der Waals surface area contributed by atoms with Gasteiger partial charge in [-0.25, -0.2) is 0 Å². The van der Waals surface area contributed by atoms with Crippen molar-refractivity contribution in [3.05, 3.63) is 99.3 Å². The van der Waals surface area contributed by atoms with E-state index in [-0.39, 0.29) is 18.0 Å². The van der Waals surface area contributed by atoms with Gasteiger partial charge in [-0.15, -0.1) is 0 Å². The largest absolute Gasteiger partial charge is 0.452 e. The topological polar surface area (TPSA) is 52.6 Å². The van der Waals surface area contributed by atoms with Gasteiger partial charge >= 0.3 is 5.97 Å². The van der Waals surface area contributed by atoms with E-state index in [0.717, 1.165) is 17.5 Å². The van der Waals surface area contributed by atoms with Crippen molar-refractivity contribution in [1.82, 2.24) is 0 Å². The summed E-state index contributed by atoms with van der Waals surface area (Å²) < 4.78 is 11.4. The van der Waals surface area contributed by atoms with Crippen LogP contribution in [0.1, 0.15) is 39.5 Å². The molecule has 156 valence electrons. The van der Waals surface area contributed by atoms with E-state index in [1.165, 1.54) is 5.56 Å². The third-order valence-corrected chi connectivity index (χ3v) is 5.46. The monoisotopic (exact) mass is 432 g/mol. The molecule has 0 saturated carbocycles. The molecule has 1 heterocycles. The fourth-order valence-electron chi connectivity index (χ4n) is 3.41. The zero-order valence-corrected chi connectivity index (χ0v) is 18.0. The Balaban J connectivity index is 1.52. The minimum Gasteiger partial charge on any atom is -0.452 e. The number of allylic oxidation sites excluding steroid dienone is 1. The van der Waals surface area contributed by atoms with Crippen LogP contribution in [0.4, 0.5) is 0 Å². The molecular formula is C26H21ClO4. The van der Waals surface area contributed by atoms with Crippen LogP contribution in [0.5, 0.6) is 11.5 Å². The van der Waals surface area contributed by atoms with Crippen molar-refractivity contribution >= 4 is 29.4 Å². The molecule has 0 fully saturated rings. The molecule has 0 bridgehead atoms. The van der Waals surface area contributed by atoms with Gasteiger partial charge in [-0.2, -0.15) is 0 Å². The van der Waals surface area contributed by atoms with Crippen LogP contribution in [0.2, 0.25) is 5.02 Å². The standard InChI is InChI=1S/C26H21ClO4/c1-3-17-4-6-18(7-5-17)14-23-25(29)21-12-13-22(16(2)26(21)31-23)30-24(28)15-19-8-10-20(27)11-9-19/h4-14H,3,15H2,1-2H3/b23-14-. The summed E-state index contributed by atoms with van der Waals surface area (Å²) in [5, 5.41) is 0.610. The van der Waals surface area contributed by atoms with Crippen molar-refractivity contribution < 1.29 is 19.1 Å². The number of esters is 1. The quantitative estimate of drug-likeness (QED) is 0.283. The van der Waals surface area contributed by atoms with E-state index in [1.807, 2.05) is 24.3 Å². The lowest BCUT2D eigenvalue weighted by Crippen LogP contribution is -2.12. The van der Waals surface area contributed by atoms with Crippen molar-refractivity contribution in [2.24, 2.45) is 0 Å². The molecule has 0 unspecified atom stereocenters. The van der Waals surface area contributed by atoms with Gasteiger partial charge < -0.3 is 9.47 Å². The summed E-state index contributed by atoms with van der Waals surface area (Å²) in [5.41, 5.74) is 4.00. The third-order valence-electron chi connectivity index (χ3n) is 5.21. The molecule has 0 amide bonds. The second-order valence-electron chi connectivity index (χ2n) is 7.38. The molecule has 0 radical (unpaired) electrons. The Morgan fingerprint density at radius 2 is 1.68 bits per heavy atom. The van der Waals surface area contributed by atoms with Crippen molar-refractivity contribution in [3.63, 3.8) is 0 Å². The molecule has 4 rings (SSSR count). The summed E-state index contributed by atoms with van der Waals surface area (Å²) in [7, 11) is 0. The summed E-state index contributed by atoms with van der Waals surface area (Å²) >= 11 is 5.88. The molecule has 0 saturated heterocycles. The first-order valence-electron chi connectivity index (χ1n) is 10.1. The van der Waals surface area contributed by atoms with E-state index in [1.54, 1.807) is 49.4 Å². The van der Waals surface area contributed by atoms with Gasteiger partial charge in [-0.3, -0.25) is 9.59 Å². The van der Waals surface area contributed by atoms with Gasteiger partial charge in [0.05, 0.1) is 12.0 Å². The molecular weight excluding hydrogens is 412 g/mol. The number of rotatable bonds is 5. The van der Waals surface area contributed by atoms with Gasteiger partial charge in [0.1, 0.15) is 11.5 Å². The molecule has 0 N–H and O–H groups in total. The normalized spacial score (nSPS) is 13.8. The maximum absolute atomic E-state index is 12.8. The van der Waals surface area contributed by atoms with E-state index in [2.05, 4.69) is 6.92 Å². The number of ketones is 1. The molecule has 0 aromatic heterocycles. The second kappa shape index (κ2) is 8.78. The van der Waals surface area contributed by atoms with Crippen molar-refractivity contribution in [3.8, 4) is 11.5 Å². The lowest BCUT2D eigenvalue weighted by Gasteiger charge is -2.10. The molecule has 0 aliphatic carbocycles. The van der Waals surface area contributed by atoms with Crippen LogP contribution in [0, 0.1) is 6.92 Å². The predicted molar refractivity (Wildman–Crippen MR) is 121 cm³/mol. The highest BCUT2D eigenvalue weighted by Gasteiger charge is 2.30. The highest BCUT2D eigenvalue weighted by Crippen LogP contribution is 2.39. The molecule has 3 aromatic carbocycles. The molecule has 4 nitrogen and oxygen atoms in total. The van der Waals surface area contributed by atoms with Crippen LogP contribution in [0.25, 0.3) is 6.08 Å². The van der Waals surface area contributed by atoms with E-state index < -0.39 is 5.97 Å². The van der Waals surface area contributed by atoms with Gasteiger partial charge in [-0.05, 0) is 60.4 Å². The van der Waals surface area contributed by atoms with Crippen LogP contribution in [0.3, 0.4) is 0 Å². The molecule has 31 heavy (non-hydrogen) atoms. The SMILES string of the molecule is CCc1ccc(/C=C2\Oc3c(ccc(OC(=O)Cc4ccc(Cl)cc4)c3C)C2=O)cc1. The van der Waals surface area contributed by atoms with E-state index >= 15 is 0 Å². The second-order valence-corrected chi connectivity index (χ2v) is 7.81. The summed E-state index contributed by atoms with van der Waals surface area (Å²) in [4.78, 5) is 25.1. The Morgan fingerprint density at radius 1 is 1.00 bits per heavy atom. The molecule has 5 heteroatoms. The number of hydrogen-bond acceptors (Lipinski definition) is 4. The Labute approximate surface area is 186 Å². The zero-order valence-electron chi connectivity index (χ0n) is 17.3. The van der Waals surface area contributed by atoms with E-state index in [0.29, 0.717) is 27.6 Å². The number of fused-ring (bicyclic) bond motifs is 1.